The van der Waals surface area contributed by atoms with Gasteiger partial charge in [0.1, 0.15) is 17.5 Å². The van der Waals surface area contributed by atoms with Gasteiger partial charge in [0.2, 0.25) is 0 Å². The maximum Gasteiger partial charge on any atom is 0.416 e. The van der Waals surface area contributed by atoms with E-state index in [1.807, 2.05) is 0 Å². The minimum Gasteiger partial charge on any atom is -0.485 e. The first-order chi connectivity index (χ1) is 12.0. The molecule has 2 atom stereocenters. The topological polar surface area (TPSA) is 71.7 Å². The number of aliphatic hydroxyl groups is 2. The molecular weight excluding hydrogens is 351 g/mol. The number of fused-ring (bicyclic) bond motifs is 1. The minimum absolute atomic E-state index is 0.0591. The number of aromatic nitrogens is 1. The van der Waals surface area contributed by atoms with E-state index in [-0.39, 0.29) is 17.9 Å². The number of hydrogen-bond acceptors (Lipinski definition) is 4. The van der Waals surface area contributed by atoms with Crippen molar-refractivity contribution in [1.82, 2.24) is 4.57 Å². The molecule has 0 fully saturated rings. The van der Waals surface area contributed by atoms with Gasteiger partial charge in [0.05, 0.1) is 18.2 Å². The molecule has 0 aliphatic carbocycles. The molecule has 0 amide bonds. The van der Waals surface area contributed by atoms with Gasteiger partial charge in [0.15, 0.2) is 0 Å². The normalized spacial score (nSPS) is 21.8. The molecule has 0 saturated carbocycles. The molecule has 26 heavy (non-hydrogen) atoms. The number of ether oxygens (including phenoxy) is 1. The highest BCUT2D eigenvalue weighted by Crippen LogP contribution is 2.43. The van der Waals surface area contributed by atoms with Crippen LogP contribution >= 0.6 is 0 Å². The summed E-state index contributed by atoms with van der Waals surface area (Å²) in [6.45, 7) is 2.83. The molecule has 2 N–H and O–H groups in total. The molecule has 1 aromatic heterocycles. The first kappa shape index (κ1) is 18.5. The summed E-state index contributed by atoms with van der Waals surface area (Å²) in [5.74, 6) is 0.166. The minimum atomic E-state index is -4.57. The Hall–Kier alpha value is -2.32. The van der Waals surface area contributed by atoms with Gasteiger partial charge in [-0.3, -0.25) is 4.79 Å². The number of halogens is 3. The summed E-state index contributed by atoms with van der Waals surface area (Å²) < 4.78 is 46.2. The lowest BCUT2D eigenvalue weighted by Crippen LogP contribution is -2.52. The van der Waals surface area contributed by atoms with E-state index in [1.165, 1.54) is 24.4 Å². The Morgan fingerprint density at radius 2 is 1.92 bits per heavy atom. The monoisotopic (exact) mass is 369 g/mol. The molecule has 0 radical (unpaired) electrons. The standard InChI is InChI=1S/C18H18F3NO4/c1-17(2)16(25)15(22-8-10(9-23)3-6-14(22)24)12-7-11(18(19,20)21)4-5-13(12)26-17/h3-8,15-16,23,25H,9H2,1-2H3/t15-,16+/m1/s1. The fraction of sp³-hybridized carbons (Fsp3) is 0.389. The molecule has 3 rings (SSSR count). The molecule has 2 heterocycles. The first-order valence-corrected chi connectivity index (χ1v) is 7.95. The van der Waals surface area contributed by atoms with Gasteiger partial charge in [-0.1, -0.05) is 0 Å². The van der Waals surface area contributed by atoms with E-state index in [4.69, 9.17) is 4.74 Å². The lowest BCUT2D eigenvalue weighted by molar-refractivity contribution is -0.137. The zero-order valence-corrected chi connectivity index (χ0v) is 14.1. The molecule has 5 nitrogen and oxygen atoms in total. The van der Waals surface area contributed by atoms with Gasteiger partial charge in [0, 0.05) is 17.8 Å². The van der Waals surface area contributed by atoms with Crippen molar-refractivity contribution >= 4 is 0 Å². The van der Waals surface area contributed by atoms with Crippen molar-refractivity contribution in [1.29, 1.82) is 0 Å². The second kappa shape index (κ2) is 6.14. The van der Waals surface area contributed by atoms with Crippen LogP contribution in [0.4, 0.5) is 13.2 Å². The lowest BCUT2D eigenvalue weighted by atomic mass is 9.85. The highest BCUT2D eigenvalue weighted by molar-refractivity contribution is 5.44. The Kier molecular flexibility index (Phi) is 4.36. The summed E-state index contributed by atoms with van der Waals surface area (Å²) in [6, 6.07) is 4.51. The number of rotatable bonds is 2. The molecule has 0 saturated heterocycles. The Morgan fingerprint density at radius 1 is 1.23 bits per heavy atom. The molecule has 1 aliphatic rings. The zero-order chi connectivity index (χ0) is 19.3. The molecule has 8 heteroatoms. The number of nitrogens with zero attached hydrogens (tertiary/aromatic N) is 1. The van der Waals surface area contributed by atoms with E-state index in [1.54, 1.807) is 13.8 Å². The first-order valence-electron chi connectivity index (χ1n) is 7.95. The highest BCUT2D eigenvalue weighted by Gasteiger charge is 2.45. The van der Waals surface area contributed by atoms with Crippen LogP contribution in [0.1, 0.15) is 36.6 Å². The predicted molar refractivity (Wildman–Crippen MR) is 86.9 cm³/mol. The predicted octanol–water partition coefficient (Wildman–Crippen LogP) is 2.48. The Bertz CT molecular complexity index is 889. The van der Waals surface area contributed by atoms with E-state index < -0.39 is 35.0 Å². The van der Waals surface area contributed by atoms with Crippen LogP contribution in [0.3, 0.4) is 0 Å². The van der Waals surface area contributed by atoms with Crippen molar-refractivity contribution in [3.8, 4) is 5.75 Å². The van der Waals surface area contributed by atoms with Crippen LogP contribution in [0, 0.1) is 0 Å². The number of alkyl halides is 3. The summed E-state index contributed by atoms with van der Waals surface area (Å²) in [4.78, 5) is 12.3. The van der Waals surface area contributed by atoms with Gasteiger partial charge in [-0.25, -0.2) is 0 Å². The van der Waals surface area contributed by atoms with Crippen LogP contribution in [0.5, 0.6) is 5.75 Å². The molecule has 1 aliphatic heterocycles. The fourth-order valence-corrected chi connectivity index (χ4v) is 3.11. The van der Waals surface area contributed by atoms with Gasteiger partial charge in [0.25, 0.3) is 5.56 Å². The smallest absolute Gasteiger partial charge is 0.416 e. The van der Waals surface area contributed by atoms with Crippen molar-refractivity contribution in [2.45, 2.75) is 44.4 Å². The Morgan fingerprint density at radius 3 is 2.54 bits per heavy atom. The number of hydrogen-bond donors (Lipinski definition) is 2. The van der Waals surface area contributed by atoms with Crippen molar-refractivity contribution < 1.29 is 28.1 Å². The van der Waals surface area contributed by atoms with E-state index >= 15 is 0 Å². The van der Waals surface area contributed by atoms with Crippen LogP contribution in [-0.2, 0) is 12.8 Å². The average Bonchev–Trinajstić information content (AvgIpc) is 2.55. The van der Waals surface area contributed by atoms with Crippen LogP contribution in [0.25, 0.3) is 0 Å². The van der Waals surface area contributed by atoms with Gasteiger partial charge in [-0.05, 0) is 43.7 Å². The molecule has 0 bridgehead atoms. The maximum atomic E-state index is 13.1. The van der Waals surface area contributed by atoms with Crippen molar-refractivity contribution in [3.63, 3.8) is 0 Å². The van der Waals surface area contributed by atoms with E-state index in [0.717, 1.165) is 16.7 Å². The molecular formula is C18H18F3NO4. The van der Waals surface area contributed by atoms with Crippen LogP contribution in [0.2, 0.25) is 0 Å². The third-order valence-corrected chi connectivity index (χ3v) is 4.52. The van der Waals surface area contributed by atoms with Gasteiger partial charge in [-0.2, -0.15) is 13.2 Å². The van der Waals surface area contributed by atoms with E-state index in [0.29, 0.717) is 5.56 Å². The quantitative estimate of drug-likeness (QED) is 0.853. The Balaban J connectivity index is 2.26. The average molecular weight is 369 g/mol. The fourth-order valence-electron chi connectivity index (χ4n) is 3.11. The number of pyridine rings is 1. The van der Waals surface area contributed by atoms with Crippen LogP contribution < -0.4 is 10.3 Å². The second-order valence-electron chi connectivity index (χ2n) is 6.79. The number of benzene rings is 1. The molecule has 140 valence electrons. The van der Waals surface area contributed by atoms with Gasteiger partial charge < -0.3 is 19.5 Å². The summed E-state index contributed by atoms with van der Waals surface area (Å²) in [6.07, 6.45) is -4.53. The van der Waals surface area contributed by atoms with E-state index in [2.05, 4.69) is 0 Å². The highest BCUT2D eigenvalue weighted by atomic mass is 19.4. The van der Waals surface area contributed by atoms with Crippen LogP contribution in [-0.4, -0.2) is 26.5 Å². The summed E-state index contributed by atoms with van der Waals surface area (Å²) in [7, 11) is 0. The SMILES string of the molecule is CC1(C)Oc2ccc(C(F)(F)F)cc2[C@@H](n2cc(CO)ccc2=O)[C@@H]1O. The summed E-state index contributed by atoms with van der Waals surface area (Å²) in [5.41, 5.74) is -2.08. The Labute approximate surface area is 147 Å². The lowest BCUT2D eigenvalue weighted by Gasteiger charge is -2.43. The second-order valence-corrected chi connectivity index (χ2v) is 6.79. The largest absolute Gasteiger partial charge is 0.485 e. The van der Waals surface area contributed by atoms with Gasteiger partial charge in [-0.15, -0.1) is 0 Å². The van der Waals surface area contributed by atoms with Crippen molar-refractivity contribution in [2.75, 3.05) is 0 Å². The maximum absolute atomic E-state index is 13.1. The summed E-state index contributed by atoms with van der Waals surface area (Å²) in [5, 5.41) is 20.1. The van der Waals surface area contributed by atoms with E-state index in [9.17, 15) is 28.2 Å². The van der Waals surface area contributed by atoms with Crippen molar-refractivity contribution in [3.05, 3.63) is 63.6 Å². The molecule has 2 aromatic rings. The third kappa shape index (κ3) is 3.10. The van der Waals surface area contributed by atoms with Gasteiger partial charge >= 0.3 is 6.18 Å². The number of aliphatic hydroxyl groups excluding tert-OH is 2. The summed E-state index contributed by atoms with van der Waals surface area (Å²) >= 11 is 0. The van der Waals surface area contributed by atoms with Crippen molar-refractivity contribution in [2.24, 2.45) is 0 Å². The van der Waals surface area contributed by atoms with Crippen LogP contribution in [0.15, 0.2) is 41.3 Å². The molecule has 1 aromatic carbocycles. The zero-order valence-electron chi connectivity index (χ0n) is 14.1. The molecule has 0 spiro atoms. The molecule has 0 unspecified atom stereocenters. The third-order valence-electron chi connectivity index (χ3n) is 4.52.